The number of methoxy groups -OCH3 is 1. The van der Waals surface area contributed by atoms with Crippen LogP contribution in [0.1, 0.15) is 23.2 Å². The number of ether oxygens (including phenoxy) is 2. The molecule has 1 unspecified atom stereocenters. The van der Waals surface area contributed by atoms with Crippen LogP contribution in [0.4, 0.5) is 4.39 Å². The maximum Gasteiger partial charge on any atom is 0.341 e. The molecule has 0 radical (unpaired) electrons. The predicted octanol–water partition coefficient (Wildman–Crippen LogP) is 2.41. The molecule has 20 heavy (non-hydrogen) atoms. The van der Waals surface area contributed by atoms with Gasteiger partial charge in [0.15, 0.2) is 0 Å². The van der Waals surface area contributed by atoms with Gasteiger partial charge in [0, 0.05) is 12.5 Å². The zero-order chi connectivity index (χ0) is 13.7. The van der Waals surface area contributed by atoms with Gasteiger partial charge in [-0.3, -0.25) is 0 Å². The minimum Gasteiger partial charge on any atom is -0.492 e. The molecule has 0 bridgehead atoms. The first-order valence-corrected chi connectivity index (χ1v) is 6.42. The molecule has 1 fully saturated rings. The van der Waals surface area contributed by atoms with E-state index in [1.807, 2.05) is 0 Å². The van der Waals surface area contributed by atoms with Crippen molar-refractivity contribution in [3.8, 4) is 5.75 Å². The molecule has 1 aliphatic rings. The SMILES string of the molecule is COC(=O)c1cc(F)ccc1OCC1CCCNC1.Cl. The normalized spacial score (nSPS) is 18.0. The minimum absolute atomic E-state index is 0. The van der Waals surface area contributed by atoms with E-state index in [4.69, 9.17) is 4.74 Å². The fraction of sp³-hybridized carbons (Fsp3) is 0.500. The highest BCUT2D eigenvalue weighted by atomic mass is 35.5. The summed E-state index contributed by atoms with van der Waals surface area (Å²) in [6.07, 6.45) is 2.23. The van der Waals surface area contributed by atoms with E-state index in [1.54, 1.807) is 0 Å². The van der Waals surface area contributed by atoms with E-state index in [9.17, 15) is 9.18 Å². The lowest BCUT2D eigenvalue weighted by Gasteiger charge is -2.23. The third-order valence-corrected chi connectivity index (χ3v) is 3.22. The van der Waals surface area contributed by atoms with Gasteiger partial charge in [-0.2, -0.15) is 0 Å². The molecule has 0 spiro atoms. The fourth-order valence-corrected chi connectivity index (χ4v) is 2.17. The molecule has 0 aliphatic carbocycles. The average molecular weight is 304 g/mol. The Morgan fingerprint density at radius 2 is 2.30 bits per heavy atom. The first-order chi connectivity index (χ1) is 9.20. The van der Waals surface area contributed by atoms with Gasteiger partial charge in [-0.1, -0.05) is 0 Å². The highest BCUT2D eigenvalue weighted by Gasteiger charge is 2.17. The Hall–Kier alpha value is -1.33. The minimum atomic E-state index is -0.587. The van der Waals surface area contributed by atoms with Crippen LogP contribution in [0, 0.1) is 11.7 Å². The summed E-state index contributed by atoms with van der Waals surface area (Å²) < 4.78 is 23.4. The van der Waals surface area contributed by atoms with Crippen molar-refractivity contribution in [2.45, 2.75) is 12.8 Å². The third kappa shape index (κ3) is 4.35. The van der Waals surface area contributed by atoms with Gasteiger partial charge in [-0.25, -0.2) is 9.18 Å². The summed E-state index contributed by atoms with van der Waals surface area (Å²) in [5.41, 5.74) is 0.131. The van der Waals surface area contributed by atoms with Crippen LogP contribution in [0.2, 0.25) is 0 Å². The summed E-state index contributed by atoms with van der Waals surface area (Å²) in [6.45, 7) is 2.47. The van der Waals surface area contributed by atoms with Gasteiger partial charge < -0.3 is 14.8 Å². The highest BCUT2D eigenvalue weighted by molar-refractivity contribution is 5.92. The van der Waals surface area contributed by atoms with E-state index in [0.29, 0.717) is 18.3 Å². The zero-order valence-corrected chi connectivity index (χ0v) is 12.2. The Labute approximate surface area is 124 Å². The van der Waals surface area contributed by atoms with Crippen molar-refractivity contribution in [1.29, 1.82) is 0 Å². The van der Waals surface area contributed by atoms with Crippen LogP contribution >= 0.6 is 12.4 Å². The Balaban J connectivity index is 0.00000200. The molecule has 0 saturated carbocycles. The van der Waals surface area contributed by atoms with Crippen LogP contribution in [0.15, 0.2) is 18.2 Å². The largest absolute Gasteiger partial charge is 0.492 e. The Bertz CT molecular complexity index is 450. The maximum absolute atomic E-state index is 13.2. The number of benzene rings is 1. The van der Waals surface area contributed by atoms with Crippen LogP contribution < -0.4 is 10.1 Å². The number of esters is 1. The lowest BCUT2D eigenvalue weighted by Crippen LogP contribution is -2.33. The van der Waals surface area contributed by atoms with Crippen molar-refractivity contribution in [3.05, 3.63) is 29.6 Å². The first-order valence-electron chi connectivity index (χ1n) is 6.42. The highest BCUT2D eigenvalue weighted by Crippen LogP contribution is 2.22. The van der Waals surface area contributed by atoms with Crippen molar-refractivity contribution in [2.75, 3.05) is 26.8 Å². The molecule has 1 heterocycles. The number of piperidine rings is 1. The lowest BCUT2D eigenvalue weighted by atomic mass is 10.0. The van der Waals surface area contributed by atoms with Crippen molar-refractivity contribution < 1.29 is 18.7 Å². The summed E-state index contributed by atoms with van der Waals surface area (Å²) in [5, 5.41) is 3.30. The molecule has 1 aliphatic heterocycles. The molecule has 0 aromatic heterocycles. The number of carbonyl (C=O) groups is 1. The molecule has 112 valence electrons. The van der Waals surface area contributed by atoms with Crippen molar-refractivity contribution >= 4 is 18.4 Å². The number of rotatable bonds is 4. The summed E-state index contributed by atoms with van der Waals surface area (Å²) >= 11 is 0. The van der Waals surface area contributed by atoms with Crippen LogP contribution in [-0.4, -0.2) is 32.8 Å². The topological polar surface area (TPSA) is 47.6 Å². The molecule has 1 N–H and O–H groups in total. The second-order valence-electron chi connectivity index (χ2n) is 4.66. The monoisotopic (exact) mass is 303 g/mol. The average Bonchev–Trinajstić information content (AvgIpc) is 2.46. The van der Waals surface area contributed by atoms with E-state index in [2.05, 4.69) is 10.1 Å². The van der Waals surface area contributed by atoms with E-state index >= 15 is 0 Å². The Kier molecular flexibility index (Phi) is 6.75. The summed E-state index contributed by atoms with van der Waals surface area (Å²) in [6, 6.07) is 3.89. The van der Waals surface area contributed by atoms with Crippen LogP contribution in [-0.2, 0) is 4.74 Å². The van der Waals surface area contributed by atoms with Crippen LogP contribution in [0.5, 0.6) is 5.75 Å². The molecular weight excluding hydrogens is 285 g/mol. The van der Waals surface area contributed by atoms with E-state index in [1.165, 1.54) is 19.2 Å². The smallest absolute Gasteiger partial charge is 0.341 e. The fourth-order valence-electron chi connectivity index (χ4n) is 2.17. The molecule has 1 aromatic carbocycles. The number of hydrogen-bond acceptors (Lipinski definition) is 4. The first kappa shape index (κ1) is 16.7. The molecule has 6 heteroatoms. The summed E-state index contributed by atoms with van der Waals surface area (Å²) in [4.78, 5) is 11.6. The second kappa shape index (κ2) is 8.07. The van der Waals surface area contributed by atoms with E-state index in [0.717, 1.165) is 32.0 Å². The van der Waals surface area contributed by atoms with Crippen molar-refractivity contribution in [3.63, 3.8) is 0 Å². The molecule has 4 nitrogen and oxygen atoms in total. The van der Waals surface area contributed by atoms with Crippen LogP contribution in [0.25, 0.3) is 0 Å². The summed E-state index contributed by atoms with van der Waals surface area (Å²) in [7, 11) is 1.27. The van der Waals surface area contributed by atoms with Gasteiger partial charge in [0.25, 0.3) is 0 Å². The quantitative estimate of drug-likeness (QED) is 0.868. The van der Waals surface area contributed by atoms with Gasteiger partial charge in [0.2, 0.25) is 0 Å². The lowest BCUT2D eigenvalue weighted by molar-refractivity contribution is 0.0594. The van der Waals surface area contributed by atoms with Crippen LogP contribution in [0.3, 0.4) is 0 Å². The third-order valence-electron chi connectivity index (χ3n) is 3.22. The Morgan fingerprint density at radius 3 is 2.95 bits per heavy atom. The maximum atomic E-state index is 13.2. The number of carbonyl (C=O) groups excluding carboxylic acids is 1. The van der Waals surface area contributed by atoms with Gasteiger partial charge in [0.1, 0.15) is 17.1 Å². The van der Waals surface area contributed by atoms with Crippen molar-refractivity contribution in [2.24, 2.45) is 5.92 Å². The van der Waals surface area contributed by atoms with Gasteiger partial charge in [-0.15, -0.1) is 12.4 Å². The molecule has 1 aromatic rings. The molecule has 1 saturated heterocycles. The molecular formula is C14H19ClFNO3. The number of halogens is 2. The molecule has 2 rings (SSSR count). The number of nitrogens with one attached hydrogen (secondary N) is 1. The molecule has 0 amide bonds. The molecule has 1 atom stereocenters. The van der Waals surface area contributed by atoms with Crippen molar-refractivity contribution in [1.82, 2.24) is 5.32 Å². The Morgan fingerprint density at radius 1 is 1.50 bits per heavy atom. The predicted molar refractivity (Wildman–Crippen MR) is 76.1 cm³/mol. The van der Waals surface area contributed by atoms with Gasteiger partial charge in [-0.05, 0) is 37.6 Å². The van der Waals surface area contributed by atoms with Gasteiger partial charge in [0.05, 0.1) is 13.7 Å². The standard InChI is InChI=1S/C14H18FNO3.ClH/c1-18-14(17)12-7-11(15)4-5-13(12)19-9-10-3-2-6-16-8-10;/h4-5,7,10,16H,2-3,6,8-9H2,1H3;1H. The number of hydrogen-bond donors (Lipinski definition) is 1. The van der Waals surface area contributed by atoms with E-state index in [-0.39, 0.29) is 18.0 Å². The zero-order valence-electron chi connectivity index (χ0n) is 11.4. The van der Waals surface area contributed by atoms with Gasteiger partial charge >= 0.3 is 5.97 Å². The summed E-state index contributed by atoms with van der Waals surface area (Å²) in [5.74, 6) is -0.272. The van der Waals surface area contributed by atoms with E-state index < -0.39 is 11.8 Å². The second-order valence-corrected chi connectivity index (χ2v) is 4.66.